The summed E-state index contributed by atoms with van der Waals surface area (Å²) in [5, 5.41) is 10.1. The number of methoxy groups -OCH3 is 1. The van der Waals surface area contributed by atoms with Crippen molar-refractivity contribution in [3.63, 3.8) is 0 Å². The van der Waals surface area contributed by atoms with Gasteiger partial charge in [-0.25, -0.2) is 9.38 Å². The summed E-state index contributed by atoms with van der Waals surface area (Å²) in [6.07, 6.45) is 1.83. The molecule has 0 radical (unpaired) electrons. The fraction of sp³-hybridized carbons (Fsp3) is 0.385. The summed E-state index contributed by atoms with van der Waals surface area (Å²) in [7, 11) is 1.66. The minimum absolute atomic E-state index is 0.0475. The number of anilines is 1. The third-order valence-electron chi connectivity index (χ3n) is 6.68. The number of para-hydroxylation sites is 1. The number of benzene rings is 2. The number of nitrogens with zero attached hydrogens (tertiary/aromatic N) is 6. The van der Waals surface area contributed by atoms with Gasteiger partial charge in [0.25, 0.3) is 0 Å². The van der Waals surface area contributed by atoms with Crippen LogP contribution >= 0.6 is 0 Å². The molecule has 1 fully saturated rings. The van der Waals surface area contributed by atoms with E-state index in [1.165, 1.54) is 0 Å². The van der Waals surface area contributed by atoms with Crippen molar-refractivity contribution in [2.24, 2.45) is 5.92 Å². The number of hydrogen-bond acceptors (Lipinski definition) is 6. The van der Waals surface area contributed by atoms with Gasteiger partial charge in [-0.2, -0.15) is 0 Å². The average Bonchev–Trinajstić information content (AvgIpc) is 3.34. The van der Waals surface area contributed by atoms with Crippen molar-refractivity contribution in [3.05, 3.63) is 48.5 Å². The second-order valence-corrected chi connectivity index (χ2v) is 8.64. The summed E-state index contributed by atoms with van der Waals surface area (Å²) in [6, 6.07) is 15.8. The van der Waals surface area contributed by atoms with Crippen LogP contribution < -0.4 is 9.64 Å². The van der Waals surface area contributed by atoms with Crippen molar-refractivity contribution >= 4 is 28.4 Å². The molecule has 176 valence electrons. The van der Waals surface area contributed by atoms with Gasteiger partial charge in [0.05, 0.1) is 18.5 Å². The van der Waals surface area contributed by atoms with E-state index in [9.17, 15) is 4.79 Å². The van der Waals surface area contributed by atoms with Crippen LogP contribution in [-0.4, -0.2) is 63.7 Å². The first-order valence-electron chi connectivity index (χ1n) is 12.0. The van der Waals surface area contributed by atoms with E-state index in [0.717, 1.165) is 66.3 Å². The number of ether oxygens (including phenoxy) is 1. The summed E-state index contributed by atoms with van der Waals surface area (Å²) < 4.78 is 7.47. The van der Waals surface area contributed by atoms with Gasteiger partial charge in [0.2, 0.25) is 11.9 Å². The Hall–Kier alpha value is -3.68. The van der Waals surface area contributed by atoms with Crippen molar-refractivity contribution in [1.82, 2.24) is 24.5 Å². The van der Waals surface area contributed by atoms with Crippen molar-refractivity contribution in [3.8, 4) is 17.1 Å². The number of aromatic nitrogens is 4. The van der Waals surface area contributed by atoms with Crippen LogP contribution in [0.15, 0.2) is 48.5 Å². The van der Waals surface area contributed by atoms with E-state index in [2.05, 4.69) is 15.1 Å². The molecule has 1 saturated heterocycles. The van der Waals surface area contributed by atoms with E-state index in [1.54, 1.807) is 7.11 Å². The molecular weight excluding hydrogens is 428 g/mol. The minimum Gasteiger partial charge on any atom is -0.497 e. The quantitative estimate of drug-likeness (QED) is 0.434. The number of rotatable bonds is 6. The molecule has 4 aromatic rings. The lowest BCUT2D eigenvalue weighted by Gasteiger charge is -2.35. The summed E-state index contributed by atoms with van der Waals surface area (Å²) in [5.41, 5.74) is 2.53. The maximum atomic E-state index is 13.2. The molecule has 0 bridgehead atoms. The Balaban J connectivity index is 1.64. The topological polar surface area (TPSA) is 75.9 Å². The van der Waals surface area contributed by atoms with Gasteiger partial charge in [0, 0.05) is 37.1 Å². The van der Waals surface area contributed by atoms with E-state index in [4.69, 9.17) is 9.72 Å². The Kier molecular flexibility index (Phi) is 6.04. The lowest BCUT2D eigenvalue weighted by atomic mass is 9.96. The summed E-state index contributed by atoms with van der Waals surface area (Å²) in [4.78, 5) is 22.4. The second-order valence-electron chi connectivity index (χ2n) is 8.64. The van der Waals surface area contributed by atoms with Crippen molar-refractivity contribution in [2.45, 2.75) is 26.7 Å². The molecule has 5 rings (SSSR count). The highest BCUT2D eigenvalue weighted by Crippen LogP contribution is 2.32. The molecule has 1 aliphatic heterocycles. The van der Waals surface area contributed by atoms with Crippen LogP contribution in [-0.2, 0) is 4.79 Å². The Morgan fingerprint density at radius 2 is 1.94 bits per heavy atom. The predicted molar refractivity (Wildman–Crippen MR) is 133 cm³/mol. The fourth-order valence-corrected chi connectivity index (χ4v) is 4.88. The largest absolute Gasteiger partial charge is 0.497 e. The second kappa shape index (κ2) is 9.29. The third-order valence-corrected chi connectivity index (χ3v) is 6.68. The molecule has 8 nitrogen and oxygen atoms in total. The molecule has 2 aromatic carbocycles. The summed E-state index contributed by atoms with van der Waals surface area (Å²) >= 11 is 0. The maximum absolute atomic E-state index is 13.2. The molecular formula is C26H30N6O2. The van der Waals surface area contributed by atoms with Crippen LogP contribution in [0, 0.1) is 5.92 Å². The molecule has 1 aliphatic rings. The lowest BCUT2D eigenvalue weighted by Crippen LogP contribution is -2.45. The molecule has 0 N–H and O–H groups in total. The van der Waals surface area contributed by atoms with Crippen molar-refractivity contribution in [2.75, 3.05) is 38.2 Å². The molecule has 1 unspecified atom stereocenters. The van der Waals surface area contributed by atoms with Gasteiger partial charge in [-0.15, -0.1) is 10.2 Å². The fourth-order valence-electron chi connectivity index (χ4n) is 4.88. The van der Waals surface area contributed by atoms with Gasteiger partial charge in [-0.1, -0.05) is 24.3 Å². The van der Waals surface area contributed by atoms with E-state index in [1.807, 2.05) is 71.7 Å². The van der Waals surface area contributed by atoms with Gasteiger partial charge in [-0.05, 0) is 51.0 Å². The molecule has 0 aliphatic carbocycles. The Bertz CT molecular complexity index is 1330. The normalized spacial score (nSPS) is 16.2. The number of amides is 1. The molecule has 0 saturated carbocycles. The monoisotopic (exact) mass is 458 g/mol. The van der Waals surface area contributed by atoms with Crippen molar-refractivity contribution in [1.29, 1.82) is 0 Å². The number of fused-ring (bicyclic) bond motifs is 3. The summed E-state index contributed by atoms with van der Waals surface area (Å²) in [6.45, 7) is 7.00. The molecule has 3 heterocycles. The van der Waals surface area contributed by atoms with Gasteiger partial charge in [0.1, 0.15) is 5.75 Å². The smallest absolute Gasteiger partial charge is 0.227 e. The molecule has 1 atom stereocenters. The van der Waals surface area contributed by atoms with Gasteiger partial charge in [-0.3, -0.25) is 4.79 Å². The van der Waals surface area contributed by atoms with Crippen LogP contribution in [0.2, 0.25) is 0 Å². The number of hydrogen-bond donors (Lipinski definition) is 0. The lowest BCUT2D eigenvalue weighted by molar-refractivity contribution is -0.135. The van der Waals surface area contributed by atoms with E-state index < -0.39 is 0 Å². The van der Waals surface area contributed by atoms with Gasteiger partial charge < -0.3 is 14.5 Å². The first-order valence-corrected chi connectivity index (χ1v) is 12.0. The number of carbonyl (C=O) groups is 1. The minimum atomic E-state index is -0.0475. The van der Waals surface area contributed by atoms with E-state index >= 15 is 0 Å². The molecule has 0 spiro atoms. The SMILES string of the molecule is CCN(CC)C(=O)C1CCCN(c2nc3ccccc3c3nnc(-c4cccc(OC)c4)n23)C1. The molecule has 8 heteroatoms. The van der Waals surface area contributed by atoms with E-state index in [-0.39, 0.29) is 11.8 Å². The Labute approximate surface area is 199 Å². The number of carbonyl (C=O) groups excluding carboxylic acids is 1. The highest BCUT2D eigenvalue weighted by molar-refractivity contribution is 5.93. The van der Waals surface area contributed by atoms with E-state index in [0.29, 0.717) is 12.4 Å². The standard InChI is InChI=1S/C26H30N6O2/c1-4-30(5-2)25(33)19-11-9-15-31(17-19)26-27-22-14-7-6-13-21(22)24-29-28-23(32(24)26)18-10-8-12-20(16-18)34-3/h6-8,10,12-14,16,19H,4-5,9,11,15,17H2,1-3H3. The number of piperidine rings is 1. The first kappa shape index (κ1) is 22.1. The maximum Gasteiger partial charge on any atom is 0.227 e. The summed E-state index contributed by atoms with van der Waals surface area (Å²) in [5.74, 6) is 2.41. The zero-order valence-electron chi connectivity index (χ0n) is 19.9. The third kappa shape index (κ3) is 3.83. The van der Waals surface area contributed by atoms with Crippen LogP contribution in [0.4, 0.5) is 5.95 Å². The highest BCUT2D eigenvalue weighted by Gasteiger charge is 2.31. The van der Waals surface area contributed by atoms with Crippen LogP contribution in [0.3, 0.4) is 0 Å². The van der Waals surface area contributed by atoms with Crippen LogP contribution in [0.5, 0.6) is 5.75 Å². The van der Waals surface area contributed by atoms with Crippen molar-refractivity contribution < 1.29 is 9.53 Å². The highest BCUT2D eigenvalue weighted by atomic mass is 16.5. The van der Waals surface area contributed by atoms with Crippen LogP contribution in [0.25, 0.3) is 27.9 Å². The first-order chi connectivity index (χ1) is 16.6. The molecule has 1 amide bonds. The zero-order valence-corrected chi connectivity index (χ0v) is 19.9. The van der Waals surface area contributed by atoms with Gasteiger partial charge >= 0.3 is 0 Å². The Morgan fingerprint density at radius 3 is 2.74 bits per heavy atom. The predicted octanol–water partition coefficient (Wildman–Crippen LogP) is 4.04. The molecule has 2 aromatic heterocycles. The zero-order chi connectivity index (χ0) is 23.7. The van der Waals surface area contributed by atoms with Gasteiger partial charge in [0.15, 0.2) is 11.5 Å². The Morgan fingerprint density at radius 1 is 1.12 bits per heavy atom. The average molecular weight is 459 g/mol. The van der Waals surface area contributed by atoms with Crippen LogP contribution in [0.1, 0.15) is 26.7 Å². The molecule has 34 heavy (non-hydrogen) atoms.